The van der Waals surface area contributed by atoms with Crippen LogP contribution in [0.1, 0.15) is 46.0 Å². The van der Waals surface area contributed by atoms with Crippen molar-refractivity contribution in [3.05, 3.63) is 34.4 Å². The Bertz CT molecular complexity index is 1130. The molecule has 4 rings (SSSR count). The summed E-state index contributed by atoms with van der Waals surface area (Å²) in [6, 6.07) is 4.38. The smallest absolute Gasteiger partial charge is 0.262 e. The second-order valence-corrected chi connectivity index (χ2v) is 9.22. The number of nitrogens with zero attached hydrogens (tertiary/aromatic N) is 4. The first-order chi connectivity index (χ1) is 14.4. The zero-order valence-corrected chi connectivity index (χ0v) is 18.0. The average Bonchev–Trinajstić information content (AvgIpc) is 3.14. The van der Waals surface area contributed by atoms with Crippen molar-refractivity contribution >= 4 is 34.3 Å². The maximum absolute atomic E-state index is 13.9. The van der Waals surface area contributed by atoms with Gasteiger partial charge in [0.05, 0.1) is 16.7 Å². The van der Waals surface area contributed by atoms with E-state index in [4.69, 9.17) is 0 Å². The first kappa shape index (κ1) is 20.8. The molecule has 9 heteroatoms. The second kappa shape index (κ2) is 8.75. The molecule has 0 atom stereocenters. The van der Waals surface area contributed by atoms with Gasteiger partial charge in [0.15, 0.2) is 5.16 Å². The van der Waals surface area contributed by atoms with Crippen molar-refractivity contribution in [2.45, 2.75) is 63.7 Å². The number of hydrogen-bond donors (Lipinski definition) is 1. The van der Waals surface area contributed by atoms with Gasteiger partial charge in [-0.15, -0.1) is 10.2 Å². The monoisotopic (exact) mass is 431 g/mol. The van der Waals surface area contributed by atoms with Crippen LogP contribution in [0.25, 0.3) is 16.7 Å². The highest BCUT2D eigenvalue weighted by atomic mass is 32.2. The fourth-order valence-corrected chi connectivity index (χ4v) is 4.78. The molecule has 1 aliphatic carbocycles. The molecule has 2 aromatic heterocycles. The first-order valence-electron chi connectivity index (χ1n) is 10.4. The largest absolute Gasteiger partial charge is 0.353 e. The van der Waals surface area contributed by atoms with Crippen LogP contribution in [0.3, 0.4) is 0 Å². The molecule has 1 fully saturated rings. The highest BCUT2D eigenvalue weighted by Gasteiger charge is 2.20. The van der Waals surface area contributed by atoms with E-state index in [1.807, 2.05) is 13.8 Å². The van der Waals surface area contributed by atoms with Gasteiger partial charge in [-0.2, -0.15) is 0 Å². The average molecular weight is 432 g/mol. The summed E-state index contributed by atoms with van der Waals surface area (Å²) >= 11 is 1.27. The lowest BCUT2D eigenvalue weighted by molar-refractivity contribution is -0.119. The van der Waals surface area contributed by atoms with E-state index in [2.05, 4.69) is 15.5 Å². The summed E-state index contributed by atoms with van der Waals surface area (Å²) in [5, 5.41) is 12.4. The summed E-state index contributed by atoms with van der Waals surface area (Å²) in [5.41, 5.74) is 0.251. The molecule has 1 N–H and O–H groups in total. The van der Waals surface area contributed by atoms with E-state index in [0.29, 0.717) is 23.0 Å². The highest BCUT2D eigenvalue weighted by molar-refractivity contribution is 7.99. The Kier molecular flexibility index (Phi) is 6.08. The summed E-state index contributed by atoms with van der Waals surface area (Å²) in [5.74, 6) is 0.316. The normalized spacial score (nSPS) is 15.3. The minimum atomic E-state index is -0.468. The molecule has 2 heterocycles. The van der Waals surface area contributed by atoms with E-state index in [1.165, 1.54) is 34.9 Å². The van der Waals surface area contributed by atoms with Crippen LogP contribution in [0.5, 0.6) is 0 Å². The van der Waals surface area contributed by atoms with Crippen molar-refractivity contribution in [1.29, 1.82) is 0 Å². The molecule has 1 amide bonds. The number of benzene rings is 1. The van der Waals surface area contributed by atoms with Crippen LogP contribution in [0, 0.1) is 11.7 Å². The number of rotatable bonds is 6. The fourth-order valence-electron chi connectivity index (χ4n) is 4.03. The third-order valence-electron chi connectivity index (χ3n) is 5.38. The van der Waals surface area contributed by atoms with Gasteiger partial charge in [-0.1, -0.05) is 44.9 Å². The molecular weight excluding hydrogens is 405 g/mol. The molecule has 1 saturated carbocycles. The molecule has 0 aliphatic heterocycles. The molecule has 0 radical (unpaired) electrons. The molecule has 0 saturated heterocycles. The van der Waals surface area contributed by atoms with Crippen LogP contribution in [0.15, 0.2) is 28.2 Å². The van der Waals surface area contributed by atoms with Gasteiger partial charge in [-0.05, 0) is 37.0 Å². The Morgan fingerprint density at radius 1 is 1.27 bits per heavy atom. The second-order valence-electron chi connectivity index (χ2n) is 8.28. The van der Waals surface area contributed by atoms with Gasteiger partial charge in [0.1, 0.15) is 5.82 Å². The molecule has 0 bridgehead atoms. The number of fused-ring (bicyclic) bond motifs is 3. The Hall–Kier alpha value is -2.42. The van der Waals surface area contributed by atoms with Crippen molar-refractivity contribution in [3.63, 3.8) is 0 Å². The van der Waals surface area contributed by atoms with Gasteiger partial charge in [0.2, 0.25) is 11.7 Å². The van der Waals surface area contributed by atoms with Gasteiger partial charge in [0, 0.05) is 12.6 Å². The van der Waals surface area contributed by atoms with Gasteiger partial charge >= 0.3 is 0 Å². The highest BCUT2D eigenvalue weighted by Crippen LogP contribution is 2.23. The van der Waals surface area contributed by atoms with Crippen molar-refractivity contribution in [2.75, 3.05) is 5.75 Å². The maximum atomic E-state index is 13.9. The van der Waals surface area contributed by atoms with Crippen LogP contribution in [0.2, 0.25) is 0 Å². The number of amides is 1. The quantitative estimate of drug-likeness (QED) is 0.605. The number of carbonyl (C=O) groups is 1. The standard InChI is InChI=1S/C21H26FN5O2S/c1-13(2)11-26-19(29)16-10-14(22)8-9-17(16)27-20(26)24-25-21(27)30-12-18(28)23-15-6-4-3-5-7-15/h8-10,13,15H,3-7,11-12H2,1-2H3,(H,23,28). The van der Waals surface area contributed by atoms with E-state index in [1.54, 1.807) is 10.5 Å². The van der Waals surface area contributed by atoms with Gasteiger partial charge in [-0.25, -0.2) is 4.39 Å². The lowest BCUT2D eigenvalue weighted by Crippen LogP contribution is -2.37. The summed E-state index contributed by atoms with van der Waals surface area (Å²) < 4.78 is 17.1. The lowest BCUT2D eigenvalue weighted by Gasteiger charge is -2.22. The van der Waals surface area contributed by atoms with Crippen molar-refractivity contribution in [2.24, 2.45) is 5.92 Å². The molecule has 3 aromatic rings. The number of halogens is 1. The minimum Gasteiger partial charge on any atom is -0.353 e. The topological polar surface area (TPSA) is 81.3 Å². The molecular formula is C21H26FN5O2S. The Labute approximate surface area is 178 Å². The number of carbonyl (C=O) groups excluding carboxylic acids is 1. The molecule has 160 valence electrons. The number of aromatic nitrogens is 4. The predicted octanol–water partition coefficient (Wildman–Crippen LogP) is 3.38. The van der Waals surface area contributed by atoms with E-state index >= 15 is 0 Å². The lowest BCUT2D eigenvalue weighted by atomic mass is 9.95. The minimum absolute atomic E-state index is 0.0329. The van der Waals surface area contributed by atoms with E-state index in [-0.39, 0.29) is 34.6 Å². The third-order valence-corrected chi connectivity index (χ3v) is 6.31. The van der Waals surface area contributed by atoms with Gasteiger partial charge in [0.25, 0.3) is 5.56 Å². The summed E-state index contributed by atoms with van der Waals surface area (Å²) in [6.45, 7) is 4.44. The van der Waals surface area contributed by atoms with Crippen molar-refractivity contribution in [1.82, 2.24) is 24.5 Å². The summed E-state index contributed by atoms with van der Waals surface area (Å²) in [4.78, 5) is 25.4. The zero-order valence-electron chi connectivity index (χ0n) is 17.2. The third kappa shape index (κ3) is 4.21. The SMILES string of the molecule is CC(C)Cn1c(=O)c2cc(F)ccc2n2c(SCC(=O)NC3CCCCC3)nnc12. The van der Waals surface area contributed by atoms with Crippen LogP contribution >= 0.6 is 11.8 Å². The summed E-state index contributed by atoms with van der Waals surface area (Å²) in [6.07, 6.45) is 5.61. The Morgan fingerprint density at radius 2 is 2.03 bits per heavy atom. The molecule has 7 nitrogen and oxygen atoms in total. The Morgan fingerprint density at radius 3 is 2.77 bits per heavy atom. The van der Waals surface area contributed by atoms with Crippen molar-refractivity contribution in [3.8, 4) is 0 Å². The van der Waals surface area contributed by atoms with Gasteiger partial charge < -0.3 is 5.32 Å². The van der Waals surface area contributed by atoms with Gasteiger partial charge in [-0.3, -0.25) is 18.6 Å². The molecule has 0 spiro atoms. The molecule has 30 heavy (non-hydrogen) atoms. The van der Waals surface area contributed by atoms with E-state index in [0.717, 1.165) is 25.7 Å². The number of hydrogen-bond acceptors (Lipinski definition) is 5. The fraction of sp³-hybridized carbons (Fsp3) is 0.524. The van der Waals surface area contributed by atoms with E-state index in [9.17, 15) is 14.0 Å². The predicted molar refractivity (Wildman–Crippen MR) is 115 cm³/mol. The first-order valence-corrected chi connectivity index (χ1v) is 11.4. The number of thioether (sulfide) groups is 1. The van der Waals surface area contributed by atoms with E-state index < -0.39 is 5.82 Å². The molecule has 1 aliphatic rings. The zero-order chi connectivity index (χ0) is 21.3. The van der Waals surface area contributed by atoms with Crippen LogP contribution in [-0.4, -0.2) is 36.9 Å². The molecule has 1 aromatic carbocycles. The van der Waals surface area contributed by atoms with Crippen LogP contribution in [-0.2, 0) is 11.3 Å². The van der Waals surface area contributed by atoms with Crippen molar-refractivity contribution < 1.29 is 9.18 Å². The Balaban J connectivity index is 1.67. The summed E-state index contributed by atoms with van der Waals surface area (Å²) in [7, 11) is 0. The van der Waals surface area contributed by atoms with Crippen LogP contribution < -0.4 is 10.9 Å². The maximum Gasteiger partial charge on any atom is 0.262 e. The van der Waals surface area contributed by atoms with Crippen LogP contribution in [0.4, 0.5) is 4.39 Å². The number of nitrogens with one attached hydrogen (secondary N) is 1. The molecule has 0 unspecified atom stereocenters.